The molecule has 0 atom stereocenters. The fourth-order valence-corrected chi connectivity index (χ4v) is 1.66. The van der Waals surface area contributed by atoms with Crippen LogP contribution in [0.2, 0.25) is 0 Å². The summed E-state index contributed by atoms with van der Waals surface area (Å²) in [6, 6.07) is 0. The van der Waals surface area contributed by atoms with Crippen molar-refractivity contribution in [3.8, 4) is 0 Å². The van der Waals surface area contributed by atoms with Gasteiger partial charge in [-0.2, -0.15) is 0 Å². The van der Waals surface area contributed by atoms with Crippen molar-refractivity contribution in [3.63, 3.8) is 0 Å². The Morgan fingerprint density at radius 3 is 1.00 bits per heavy atom. The Hall–Kier alpha value is -0.360. The summed E-state index contributed by atoms with van der Waals surface area (Å²) < 4.78 is 31.9. The van der Waals surface area contributed by atoms with Gasteiger partial charge in [0.2, 0.25) is 0 Å². The van der Waals surface area contributed by atoms with Gasteiger partial charge in [-0.25, -0.2) is 0 Å². The van der Waals surface area contributed by atoms with E-state index in [1.807, 2.05) is 13.8 Å². The van der Waals surface area contributed by atoms with Crippen molar-refractivity contribution in [3.05, 3.63) is 0 Å². The third-order valence-electron chi connectivity index (χ3n) is 2.86. The van der Waals surface area contributed by atoms with Crippen LogP contribution in [0.25, 0.3) is 0 Å². The zero-order chi connectivity index (χ0) is 20.3. The lowest BCUT2D eigenvalue weighted by Crippen LogP contribution is -2.25. The molecule has 0 aromatic heterocycles. The molecule has 9 heteroatoms. The molecule has 0 aromatic rings. The van der Waals surface area contributed by atoms with Crippen molar-refractivity contribution in [1.29, 1.82) is 0 Å². The highest BCUT2D eigenvalue weighted by Gasteiger charge is 1.93. The van der Waals surface area contributed by atoms with Gasteiger partial charge in [0.05, 0.1) is 79.3 Å². The largest absolute Gasteiger partial charge is 0.378 e. The molecule has 0 amide bonds. The minimum absolute atomic E-state index is 0.542. The predicted molar refractivity (Wildman–Crippen MR) is 107 cm³/mol. The summed E-state index contributed by atoms with van der Waals surface area (Å²) in [5.74, 6) is 0. The highest BCUT2D eigenvalue weighted by molar-refractivity contribution is 4.45. The molecule has 0 aliphatic heterocycles. The van der Waals surface area contributed by atoms with Crippen molar-refractivity contribution in [1.82, 2.24) is 5.32 Å². The van der Waals surface area contributed by atoms with Crippen LogP contribution in [0.3, 0.4) is 0 Å². The normalized spacial score (nSPS) is 10.7. The molecule has 0 saturated heterocycles. The van der Waals surface area contributed by atoms with Crippen LogP contribution in [0.4, 0.5) is 0 Å². The fraction of sp³-hybridized carbons (Fsp3) is 1.00. The second-order valence-corrected chi connectivity index (χ2v) is 5.00. The van der Waals surface area contributed by atoms with E-state index in [1.165, 1.54) is 0 Å². The van der Waals surface area contributed by atoms with Crippen molar-refractivity contribution in [2.45, 2.75) is 13.8 Å². The molecule has 0 aliphatic rings. The predicted octanol–water partition coefficient (Wildman–Crippen LogP) is -0.381. The SMILES string of the molecule is CC.NCCOCCOCCOCCNCCOCCOCCOCCN. The van der Waals surface area contributed by atoms with Crippen LogP contribution in [0.15, 0.2) is 0 Å². The summed E-state index contributed by atoms with van der Waals surface area (Å²) in [6.45, 7) is 13.7. The second kappa shape index (κ2) is 30.4. The van der Waals surface area contributed by atoms with E-state index < -0.39 is 0 Å². The zero-order valence-electron chi connectivity index (χ0n) is 17.4. The first kappa shape index (κ1) is 28.8. The summed E-state index contributed by atoms with van der Waals surface area (Å²) in [6.07, 6.45) is 0. The smallest absolute Gasteiger partial charge is 0.0701 e. The van der Waals surface area contributed by atoms with Crippen molar-refractivity contribution >= 4 is 0 Å². The maximum absolute atomic E-state index is 5.43. The van der Waals surface area contributed by atoms with Crippen molar-refractivity contribution < 1.29 is 28.4 Å². The molecule has 5 N–H and O–H groups in total. The minimum Gasteiger partial charge on any atom is -0.378 e. The third kappa shape index (κ3) is 30.6. The number of hydrogen-bond donors (Lipinski definition) is 3. The maximum atomic E-state index is 5.43. The molecular formula is C18H43N3O6. The Kier molecular flexibility index (Phi) is 32.4. The summed E-state index contributed by atoms with van der Waals surface area (Å²) in [7, 11) is 0. The standard InChI is InChI=1S/C16H37N3O6.C2H6/c17-1-5-20-9-13-24-15-11-22-7-3-19-4-8-23-12-16-25-14-10-21-6-2-18;1-2/h19H,1-18H2;1-2H3. The fourth-order valence-electron chi connectivity index (χ4n) is 1.66. The van der Waals surface area contributed by atoms with Crippen LogP contribution < -0.4 is 16.8 Å². The number of nitrogens with one attached hydrogen (secondary N) is 1. The Labute approximate surface area is 165 Å². The van der Waals surface area contributed by atoms with E-state index in [0.29, 0.717) is 92.4 Å². The minimum atomic E-state index is 0.542. The van der Waals surface area contributed by atoms with Gasteiger partial charge in [-0.15, -0.1) is 0 Å². The van der Waals surface area contributed by atoms with Crippen molar-refractivity contribution in [2.24, 2.45) is 11.5 Å². The number of rotatable bonds is 22. The van der Waals surface area contributed by atoms with Crippen molar-refractivity contribution in [2.75, 3.05) is 105 Å². The summed E-state index contributed by atoms with van der Waals surface area (Å²) >= 11 is 0. The molecule has 0 fully saturated rings. The number of ether oxygens (including phenoxy) is 6. The topological polar surface area (TPSA) is 119 Å². The highest BCUT2D eigenvalue weighted by atomic mass is 16.5. The molecule has 0 bridgehead atoms. The Balaban J connectivity index is 0. The molecule has 27 heavy (non-hydrogen) atoms. The highest BCUT2D eigenvalue weighted by Crippen LogP contribution is 1.82. The van der Waals surface area contributed by atoms with Crippen LogP contribution in [0, 0.1) is 0 Å². The van der Waals surface area contributed by atoms with Gasteiger partial charge in [0.1, 0.15) is 0 Å². The molecule has 0 aromatic carbocycles. The van der Waals surface area contributed by atoms with E-state index in [9.17, 15) is 0 Å². The van der Waals surface area contributed by atoms with Crippen LogP contribution in [0.1, 0.15) is 13.8 Å². The summed E-state index contributed by atoms with van der Waals surface area (Å²) in [5.41, 5.74) is 10.6. The Morgan fingerprint density at radius 2 is 0.704 bits per heavy atom. The molecule has 9 nitrogen and oxygen atoms in total. The van der Waals surface area contributed by atoms with Crippen LogP contribution in [0.5, 0.6) is 0 Å². The van der Waals surface area contributed by atoms with Gasteiger partial charge < -0.3 is 45.2 Å². The lowest BCUT2D eigenvalue weighted by molar-refractivity contribution is 0.0135. The van der Waals surface area contributed by atoms with Gasteiger partial charge in [-0.05, 0) is 0 Å². The average Bonchev–Trinajstić information content (AvgIpc) is 2.70. The summed E-state index contributed by atoms with van der Waals surface area (Å²) in [4.78, 5) is 0. The molecule has 0 heterocycles. The quantitative estimate of drug-likeness (QED) is 0.210. The summed E-state index contributed by atoms with van der Waals surface area (Å²) in [5, 5.41) is 3.24. The van der Waals surface area contributed by atoms with E-state index >= 15 is 0 Å². The Morgan fingerprint density at radius 1 is 0.444 bits per heavy atom. The first-order valence-corrected chi connectivity index (χ1v) is 9.99. The monoisotopic (exact) mass is 397 g/mol. The molecule has 0 saturated carbocycles. The number of nitrogens with two attached hydrogens (primary N) is 2. The second-order valence-electron chi connectivity index (χ2n) is 5.00. The molecule has 0 unspecified atom stereocenters. The molecule has 0 aliphatic carbocycles. The van der Waals surface area contributed by atoms with E-state index in [-0.39, 0.29) is 0 Å². The molecule has 166 valence electrons. The van der Waals surface area contributed by atoms with E-state index in [0.717, 1.165) is 13.1 Å². The third-order valence-corrected chi connectivity index (χ3v) is 2.86. The van der Waals surface area contributed by atoms with Gasteiger partial charge in [0.25, 0.3) is 0 Å². The maximum Gasteiger partial charge on any atom is 0.0701 e. The van der Waals surface area contributed by atoms with Gasteiger partial charge >= 0.3 is 0 Å². The first-order chi connectivity index (χ1) is 13.4. The van der Waals surface area contributed by atoms with Crippen LogP contribution in [-0.2, 0) is 28.4 Å². The molecule has 0 radical (unpaired) electrons. The Bertz CT molecular complexity index is 219. The van der Waals surface area contributed by atoms with Gasteiger partial charge in [0, 0.05) is 26.2 Å². The molecular weight excluding hydrogens is 354 g/mol. The van der Waals surface area contributed by atoms with E-state index in [4.69, 9.17) is 39.9 Å². The van der Waals surface area contributed by atoms with Crippen LogP contribution >= 0.6 is 0 Å². The van der Waals surface area contributed by atoms with Gasteiger partial charge in [0.15, 0.2) is 0 Å². The van der Waals surface area contributed by atoms with E-state index in [2.05, 4.69) is 5.32 Å². The number of hydrogen-bond acceptors (Lipinski definition) is 9. The lowest BCUT2D eigenvalue weighted by Gasteiger charge is -2.08. The molecule has 0 rings (SSSR count). The average molecular weight is 398 g/mol. The van der Waals surface area contributed by atoms with Crippen LogP contribution in [-0.4, -0.2) is 105 Å². The zero-order valence-corrected chi connectivity index (χ0v) is 17.4. The van der Waals surface area contributed by atoms with Gasteiger partial charge in [-0.1, -0.05) is 13.8 Å². The first-order valence-electron chi connectivity index (χ1n) is 9.99. The lowest BCUT2D eigenvalue weighted by atomic mass is 10.6. The van der Waals surface area contributed by atoms with E-state index in [1.54, 1.807) is 0 Å². The van der Waals surface area contributed by atoms with Gasteiger partial charge in [-0.3, -0.25) is 0 Å². The molecule has 0 spiro atoms.